The van der Waals surface area contributed by atoms with Crippen LogP contribution < -0.4 is 5.32 Å². The van der Waals surface area contributed by atoms with Crippen molar-refractivity contribution in [3.63, 3.8) is 0 Å². The Hall–Kier alpha value is -2.41. The molecule has 3 rings (SSSR count). The maximum absolute atomic E-state index is 12.2. The Labute approximate surface area is 124 Å². The summed E-state index contributed by atoms with van der Waals surface area (Å²) in [7, 11) is 0. The van der Waals surface area contributed by atoms with Crippen molar-refractivity contribution in [3.05, 3.63) is 49.7 Å². The number of fused-ring (bicyclic) bond motifs is 1. The van der Waals surface area contributed by atoms with Crippen molar-refractivity contribution in [2.75, 3.05) is 5.32 Å². The van der Waals surface area contributed by atoms with E-state index in [1.54, 1.807) is 0 Å². The molecule has 0 fully saturated rings. The maximum atomic E-state index is 12.2. The van der Waals surface area contributed by atoms with E-state index in [1.165, 1.54) is 40.0 Å². The van der Waals surface area contributed by atoms with E-state index in [2.05, 4.69) is 5.32 Å². The number of aromatic hydroxyl groups is 1. The van der Waals surface area contributed by atoms with Crippen molar-refractivity contribution in [2.45, 2.75) is 19.3 Å². The van der Waals surface area contributed by atoms with E-state index in [0.29, 0.717) is 4.88 Å². The highest BCUT2D eigenvalue weighted by Crippen LogP contribution is 2.35. The highest BCUT2D eigenvalue weighted by molar-refractivity contribution is 7.14. The van der Waals surface area contributed by atoms with Crippen LogP contribution in [0, 0.1) is 10.1 Å². The van der Waals surface area contributed by atoms with Crippen LogP contribution in [0.5, 0.6) is 5.75 Å². The highest BCUT2D eigenvalue weighted by Gasteiger charge is 2.23. The Kier molecular flexibility index (Phi) is 3.34. The summed E-state index contributed by atoms with van der Waals surface area (Å²) >= 11 is 1.41. The van der Waals surface area contributed by atoms with Crippen LogP contribution in [0.25, 0.3) is 0 Å². The minimum absolute atomic E-state index is 0.166. The van der Waals surface area contributed by atoms with Crippen molar-refractivity contribution in [3.8, 4) is 5.75 Å². The average molecular weight is 304 g/mol. The Balaban J connectivity index is 1.89. The number of nitrogens with one attached hydrogen (secondary N) is 1. The number of thiophene rings is 1. The number of nitro groups is 1. The topological polar surface area (TPSA) is 92.5 Å². The van der Waals surface area contributed by atoms with Gasteiger partial charge in [0, 0.05) is 10.9 Å². The molecule has 0 bridgehead atoms. The van der Waals surface area contributed by atoms with Gasteiger partial charge < -0.3 is 10.4 Å². The van der Waals surface area contributed by atoms with E-state index in [4.69, 9.17) is 0 Å². The number of phenols is 1. The molecule has 2 aromatic rings. The van der Waals surface area contributed by atoms with Crippen molar-refractivity contribution >= 4 is 28.6 Å². The second kappa shape index (κ2) is 5.17. The first-order chi connectivity index (χ1) is 10.1. The monoisotopic (exact) mass is 304 g/mol. The van der Waals surface area contributed by atoms with Crippen molar-refractivity contribution in [1.29, 1.82) is 0 Å². The third kappa shape index (κ3) is 2.47. The van der Waals surface area contributed by atoms with Crippen LogP contribution >= 0.6 is 11.3 Å². The smallest absolute Gasteiger partial charge is 0.296 e. The first kappa shape index (κ1) is 13.6. The molecule has 108 valence electrons. The van der Waals surface area contributed by atoms with E-state index >= 15 is 0 Å². The van der Waals surface area contributed by atoms with Gasteiger partial charge in [0.15, 0.2) is 5.69 Å². The summed E-state index contributed by atoms with van der Waals surface area (Å²) in [5, 5.41) is 23.1. The molecule has 2 N–H and O–H groups in total. The quantitative estimate of drug-likeness (QED) is 0.517. The molecule has 0 spiro atoms. The number of carbonyl (C=O) groups is 1. The fraction of sp³-hybridized carbons (Fsp3) is 0.214. The normalized spacial score (nSPS) is 13.0. The molecule has 0 unspecified atom stereocenters. The van der Waals surface area contributed by atoms with Crippen LogP contribution in [0.15, 0.2) is 24.3 Å². The summed E-state index contributed by atoms with van der Waals surface area (Å²) in [6, 6.07) is 5.73. The molecule has 1 aliphatic carbocycles. The number of rotatable bonds is 3. The largest absolute Gasteiger partial charge is 0.505 e. The average Bonchev–Trinajstić information content (AvgIpc) is 3.01. The molecule has 7 heteroatoms. The van der Waals surface area contributed by atoms with E-state index in [-0.39, 0.29) is 17.1 Å². The number of phenolic OH excluding ortho intramolecular Hbond substituents is 1. The summed E-state index contributed by atoms with van der Waals surface area (Å²) in [6.07, 6.45) is 3.05. The molecule has 1 aliphatic rings. The molecule has 0 saturated carbocycles. The number of nitrogens with zero attached hydrogens (tertiary/aromatic N) is 1. The summed E-state index contributed by atoms with van der Waals surface area (Å²) in [5.41, 5.74) is 0.686. The van der Waals surface area contributed by atoms with Gasteiger partial charge in [-0.05, 0) is 37.0 Å². The first-order valence-corrected chi connectivity index (χ1v) is 7.27. The molecule has 0 saturated heterocycles. The van der Waals surface area contributed by atoms with Gasteiger partial charge in [0.05, 0.1) is 9.80 Å². The first-order valence-electron chi connectivity index (χ1n) is 6.45. The van der Waals surface area contributed by atoms with E-state index in [9.17, 15) is 20.0 Å². The standard InChI is InChI=1S/C14H12N2O4S/c17-10-5-2-4-9(16(19)20)13(10)15-14(18)12-7-8-3-1-6-11(8)21-12/h2,4-5,7,17H,1,3,6H2,(H,15,18). The molecule has 1 aromatic heterocycles. The number of hydrogen-bond donors (Lipinski definition) is 2. The van der Waals surface area contributed by atoms with Crippen LogP contribution in [0.4, 0.5) is 11.4 Å². The second-order valence-corrected chi connectivity index (χ2v) is 5.93. The summed E-state index contributed by atoms with van der Waals surface area (Å²) in [6.45, 7) is 0. The molecule has 6 nitrogen and oxygen atoms in total. The van der Waals surface area contributed by atoms with Crippen molar-refractivity contribution in [1.82, 2.24) is 0 Å². The zero-order valence-corrected chi connectivity index (χ0v) is 11.8. The van der Waals surface area contributed by atoms with Gasteiger partial charge in [0.25, 0.3) is 11.6 Å². The SMILES string of the molecule is O=C(Nc1c(O)cccc1[N+](=O)[O-])c1cc2c(s1)CCC2. The third-order valence-electron chi connectivity index (χ3n) is 3.43. The summed E-state index contributed by atoms with van der Waals surface area (Å²) < 4.78 is 0. The Morgan fingerprint density at radius 1 is 1.38 bits per heavy atom. The molecular weight excluding hydrogens is 292 g/mol. The number of hydrogen-bond acceptors (Lipinski definition) is 5. The number of nitro benzene ring substituents is 1. The van der Waals surface area contributed by atoms with E-state index in [1.807, 2.05) is 6.07 Å². The zero-order valence-electron chi connectivity index (χ0n) is 11.0. The van der Waals surface area contributed by atoms with Crippen molar-refractivity contribution < 1.29 is 14.8 Å². The van der Waals surface area contributed by atoms with Gasteiger partial charge in [-0.2, -0.15) is 0 Å². The van der Waals surface area contributed by atoms with Gasteiger partial charge >= 0.3 is 0 Å². The van der Waals surface area contributed by atoms with Gasteiger partial charge in [0.2, 0.25) is 0 Å². The molecule has 0 radical (unpaired) electrons. The number of aryl methyl sites for hydroxylation is 2. The second-order valence-electron chi connectivity index (χ2n) is 4.80. The number of anilines is 1. The lowest BCUT2D eigenvalue weighted by Gasteiger charge is -2.06. The fourth-order valence-electron chi connectivity index (χ4n) is 2.42. The van der Waals surface area contributed by atoms with Crippen LogP contribution in [-0.4, -0.2) is 15.9 Å². The predicted molar refractivity (Wildman–Crippen MR) is 79.1 cm³/mol. The summed E-state index contributed by atoms with van der Waals surface area (Å²) in [4.78, 5) is 24.2. The predicted octanol–water partition coefficient (Wildman–Crippen LogP) is 3.10. The molecule has 1 heterocycles. The van der Waals surface area contributed by atoms with Crippen LogP contribution in [0.2, 0.25) is 0 Å². The minimum atomic E-state index is -0.635. The van der Waals surface area contributed by atoms with Crippen LogP contribution in [-0.2, 0) is 12.8 Å². The number of carbonyl (C=O) groups excluding carboxylic acids is 1. The molecule has 0 aliphatic heterocycles. The lowest BCUT2D eigenvalue weighted by Crippen LogP contribution is -2.12. The Bertz CT molecular complexity index is 717. The lowest BCUT2D eigenvalue weighted by molar-refractivity contribution is -0.384. The number of benzene rings is 1. The number of para-hydroxylation sites is 1. The Morgan fingerprint density at radius 2 is 2.19 bits per heavy atom. The highest BCUT2D eigenvalue weighted by atomic mass is 32.1. The minimum Gasteiger partial charge on any atom is -0.505 e. The van der Waals surface area contributed by atoms with E-state index < -0.39 is 10.8 Å². The van der Waals surface area contributed by atoms with Gasteiger partial charge in [-0.1, -0.05) is 6.07 Å². The zero-order chi connectivity index (χ0) is 15.0. The maximum Gasteiger partial charge on any atom is 0.296 e. The van der Waals surface area contributed by atoms with Gasteiger partial charge in [0.1, 0.15) is 5.75 Å². The molecule has 1 aromatic carbocycles. The molecular formula is C14H12N2O4S. The lowest BCUT2D eigenvalue weighted by atomic mass is 10.2. The van der Waals surface area contributed by atoms with Gasteiger partial charge in [-0.3, -0.25) is 14.9 Å². The van der Waals surface area contributed by atoms with Gasteiger partial charge in [-0.15, -0.1) is 11.3 Å². The number of amides is 1. The molecule has 0 atom stereocenters. The molecule has 1 amide bonds. The van der Waals surface area contributed by atoms with Gasteiger partial charge in [-0.25, -0.2) is 0 Å². The fourth-order valence-corrected chi connectivity index (χ4v) is 3.57. The van der Waals surface area contributed by atoms with E-state index in [0.717, 1.165) is 19.3 Å². The third-order valence-corrected chi connectivity index (χ3v) is 4.66. The molecule has 21 heavy (non-hydrogen) atoms. The van der Waals surface area contributed by atoms with Crippen LogP contribution in [0.1, 0.15) is 26.5 Å². The van der Waals surface area contributed by atoms with Crippen molar-refractivity contribution in [2.24, 2.45) is 0 Å². The van der Waals surface area contributed by atoms with Crippen LogP contribution in [0.3, 0.4) is 0 Å². The Morgan fingerprint density at radius 3 is 2.90 bits per heavy atom. The summed E-state index contributed by atoms with van der Waals surface area (Å²) in [5.74, 6) is -0.749.